The van der Waals surface area contributed by atoms with E-state index in [9.17, 15) is 9.90 Å². The van der Waals surface area contributed by atoms with Gasteiger partial charge in [-0.1, -0.05) is 46.2 Å². The van der Waals surface area contributed by atoms with Crippen LogP contribution in [0.2, 0.25) is 0 Å². The molecule has 0 saturated carbocycles. The molecule has 20 heavy (non-hydrogen) atoms. The molecule has 1 aromatic rings. The van der Waals surface area contributed by atoms with E-state index in [-0.39, 0.29) is 16.9 Å². The summed E-state index contributed by atoms with van der Waals surface area (Å²) in [7, 11) is 0. The summed E-state index contributed by atoms with van der Waals surface area (Å²) in [4.78, 5) is 12.7. The van der Waals surface area contributed by atoms with E-state index in [4.69, 9.17) is 5.73 Å². The molecule has 2 unspecified atom stereocenters. The molecule has 0 aliphatic rings. The van der Waals surface area contributed by atoms with Gasteiger partial charge in [0.05, 0.1) is 6.04 Å². The van der Waals surface area contributed by atoms with Crippen molar-refractivity contribution in [2.24, 2.45) is 17.1 Å². The zero-order valence-corrected chi connectivity index (χ0v) is 13.0. The first-order valence-corrected chi connectivity index (χ1v) is 7.42. The molecular formula is C17H27NO2. The predicted molar refractivity (Wildman–Crippen MR) is 82.6 cm³/mol. The number of carbonyl (C=O) groups is 1. The zero-order chi connectivity index (χ0) is 15.3. The van der Waals surface area contributed by atoms with Crippen molar-refractivity contribution in [3.8, 4) is 5.75 Å². The Morgan fingerprint density at radius 3 is 2.30 bits per heavy atom. The molecule has 0 heterocycles. The summed E-state index contributed by atoms with van der Waals surface area (Å²) in [6.07, 6.45) is 2.30. The van der Waals surface area contributed by atoms with Crippen LogP contribution in [0.3, 0.4) is 0 Å². The van der Waals surface area contributed by atoms with Gasteiger partial charge in [-0.05, 0) is 36.5 Å². The van der Waals surface area contributed by atoms with Gasteiger partial charge in [0.2, 0.25) is 0 Å². The minimum absolute atomic E-state index is 0.141. The molecule has 1 rings (SSSR count). The molecule has 0 spiro atoms. The van der Waals surface area contributed by atoms with Crippen LogP contribution in [0.25, 0.3) is 0 Å². The summed E-state index contributed by atoms with van der Waals surface area (Å²) in [5, 5.41) is 9.27. The van der Waals surface area contributed by atoms with Gasteiger partial charge in [0, 0.05) is 5.41 Å². The molecule has 0 aromatic heterocycles. The molecule has 0 aliphatic heterocycles. The fourth-order valence-electron chi connectivity index (χ4n) is 2.62. The first kappa shape index (κ1) is 16.7. The second-order valence-electron chi connectivity index (χ2n) is 5.92. The molecule has 1 aromatic carbocycles. The third-order valence-corrected chi connectivity index (χ3v) is 4.73. The van der Waals surface area contributed by atoms with E-state index in [1.54, 1.807) is 12.1 Å². The summed E-state index contributed by atoms with van der Waals surface area (Å²) in [6.45, 7) is 8.31. The average Bonchev–Trinajstić information content (AvgIpc) is 2.46. The van der Waals surface area contributed by atoms with Crippen LogP contribution in [0.4, 0.5) is 0 Å². The molecule has 0 amide bonds. The van der Waals surface area contributed by atoms with E-state index in [0.717, 1.165) is 18.4 Å². The van der Waals surface area contributed by atoms with Crippen LogP contribution in [-0.4, -0.2) is 16.9 Å². The van der Waals surface area contributed by atoms with Gasteiger partial charge in [0.1, 0.15) is 5.75 Å². The summed E-state index contributed by atoms with van der Waals surface area (Å²) in [5.41, 5.74) is 6.75. The molecule has 0 fully saturated rings. The van der Waals surface area contributed by atoms with Crippen LogP contribution in [0, 0.1) is 11.3 Å². The lowest BCUT2D eigenvalue weighted by atomic mass is 9.69. The number of Topliss-reactive ketones (excluding diaryl/α,β-unsaturated/α-hetero) is 1. The number of phenolic OH excluding ortho intramolecular Hbond substituents is 1. The van der Waals surface area contributed by atoms with Crippen molar-refractivity contribution >= 4 is 5.78 Å². The van der Waals surface area contributed by atoms with E-state index < -0.39 is 6.04 Å². The van der Waals surface area contributed by atoms with E-state index in [2.05, 4.69) is 20.8 Å². The van der Waals surface area contributed by atoms with Crippen molar-refractivity contribution in [3.05, 3.63) is 29.8 Å². The van der Waals surface area contributed by atoms with Crippen LogP contribution in [0.15, 0.2) is 24.3 Å². The number of hydrogen-bond acceptors (Lipinski definition) is 3. The van der Waals surface area contributed by atoms with Gasteiger partial charge in [-0.15, -0.1) is 0 Å². The summed E-state index contributed by atoms with van der Waals surface area (Å²) >= 11 is 0. The molecule has 3 atom stereocenters. The second kappa shape index (κ2) is 6.89. The zero-order valence-electron chi connectivity index (χ0n) is 13.0. The van der Waals surface area contributed by atoms with Crippen LogP contribution in [0.1, 0.15) is 46.1 Å². The molecule has 0 radical (unpaired) electrons. The molecule has 3 heteroatoms. The van der Waals surface area contributed by atoms with Crippen molar-refractivity contribution in [3.63, 3.8) is 0 Å². The highest BCUT2D eigenvalue weighted by Crippen LogP contribution is 2.35. The predicted octanol–water partition coefficient (Wildman–Crippen LogP) is 3.29. The third kappa shape index (κ3) is 3.60. The number of nitrogens with two attached hydrogens (primary N) is 1. The molecule has 3 N–H and O–H groups in total. The smallest absolute Gasteiger partial charge is 0.155 e. The molecule has 0 aliphatic carbocycles. The van der Waals surface area contributed by atoms with Gasteiger partial charge in [0.15, 0.2) is 5.78 Å². The highest BCUT2D eigenvalue weighted by molar-refractivity contribution is 5.89. The van der Waals surface area contributed by atoms with Gasteiger partial charge in [-0.25, -0.2) is 0 Å². The highest BCUT2D eigenvalue weighted by atomic mass is 16.3. The van der Waals surface area contributed by atoms with E-state index in [1.165, 1.54) is 0 Å². The van der Waals surface area contributed by atoms with Crippen molar-refractivity contribution in [1.29, 1.82) is 0 Å². The van der Waals surface area contributed by atoms with Crippen molar-refractivity contribution in [1.82, 2.24) is 0 Å². The number of hydrogen-bond donors (Lipinski definition) is 2. The molecule has 0 bridgehead atoms. The number of phenols is 1. The summed E-state index contributed by atoms with van der Waals surface area (Å²) < 4.78 is 0. The van der Waals surface area contributed by atoms with Gasteiger partial charge in [-0.2, -0.15) is 0 Å². The standard InChI is InChI=1S/C17H27NO2/c1-5-12(3)17(4,6-2)16(20)15(18)11-13-7-9-14(19)10-8-13/h7-10,12,15,19H,5-6,11,18H2,1-4H3/t12?,15-,17?/m1/s1. The average molecular weight is 277 g/mol. The second-order valence-corrected chi connectivity index (χ2v) is 5.92. The number of aromatic hydroxyl groups is 1. The monoisotopic (exact) mass is 277 g/mol. The topological polar surface area (TPSA) is 63.3 Å². The Balaban J connectivity index is 2.82. The van der Waals surface area contributed by atoms with Gasteiger partial charge < -0.3 is 10.8 Å². The minimum atomic E-state index is -0.488. The number of ketones is 1. The van der Waals surface area contributed by atoms with Gasteiger partial charge >= 0.3 is 0 Å². The van der Waals surface area contributed by atoms with Crippen LogP contribution < -0.4 is 5.73 Å². The Hall–Kier alpha value is -1.35. The minimum Gasteiger partial charge on any atom is -0.508 e. The van der Waals surface area contributed by atoms with Gasteiger partial charge in [-0.3, -0.25) is 4.79 Å². The Kier molecular flexibility index (Phi) is 5.75. The maximum absolute atomic E-state index is 12.7. The van der Waals surface area contributed by atoms with Gasteiger partial charge in [0.25, 0.3) is 0 Å². The highest BCUT2D eigenvalue weighted by Gasteiger charge is 2.38. The first-order chi connectivity index (χ1) is 9.35. The van der Waals surface area contributed by atoms with Crippen LogP contribution in [0.5, 0.6) is 5.75 Å². The van der Waals surface area contributed by atoms with E-state index >= 15 is 0 Å². The van der Waals surface area contributed by atoms with Crippen molar-refractivity contribution in [2.45, 2.75) is 53.0 Å². The molecule has 3 nitrogen and oxygen atoms in total. The van der Waals surface area contributed by atoms with Crippen LogP contribution in [-0.2, 0) is 11.2 Å². The third-order valence-electron chi connectivity index (χ3n) is 4.73. The molecular weight excluding hydrogens is 250 g/mol. The number of carbonyl (C=O) groups excluding carboxylic acids is 1. The quantitative estimate of drug-likeness (QED) is 0.804. The lowest BCUT2D eigenvalue weighted by Crippen LogP contribution is -2.46. The summed E-state index contributed by atoms with van der Waals surface area (Å²) in [5.74, 6) is 0.694. The Labute approximate surface area is 122 Å². The maximum Gasteiger partial charge on any atom is 0.155 e. The number of benzene rings is 1. The SMILES string of the molecule is CCC(C)C(C)(CC)C(=O)[C@H](N)Cc1ccc(O)cc1. The lowest BCUT2D eigenvalue weighted by Gasteiger charge is -2.35. The lowest BCUT2D eigenvalue weighted by molar-refractivity contribution is -0.132. The normalized spacial score (nSPS) is 17.2. The van der Waals surface area contributed by atoms with E-state index in [1.807, 2.05) is 19.1 Å². The Bertz CT molecular complexity index is 441. The van der Waals surface area contributed by atoms with Crippen molar-refractivity contribution < 1.29 is 9.90 Å². The molecule has 112 valence electrons. The fraction of sp³-hybridized carbons (Fsp3) is 0.588. The first-order valence-electron chi connectivity index (χ1n) is 7.42. The molecule has 0 saturated heterocycles. The summed E-state index contributed by atoms with van der Waals surface area (Å²) in [6, 6.07) is 6.39. The van der Waals surface area contributed by atoms with E-state index in [0.29, 0.717) is 12.3 Å². The Morgan fingerprint density at radius 2 is 1.85 bits per heavy atom. The van der Waals surface area contributed by atoms with Crippen LogP contribution >= 0.6 is 0 Å². The Morgan fingerprint density at radius 1 is 1.30 bits per heavy atom. The van der Waals surface area contributed by atoms with Crippen molar-refractivity contribution in [2.75, 3.05) is 0 Å². The maximum atomic E-state index is 12.7. The fourth-order valence-corrected chi connectivity index (χ4v) is 2.62. The largest absolute Gasteiger partial charge is 0.508 e. The number of rotatable bonds is 7.